The third-order valence-corrected chi connectivity index (χ3v) is 4.79. The Morgan fingerprint density at radius 1 is 1.20 bits per heavy atom. The highest BCUT2D eigenvalue weighted by Gasteiger charge is 2.21. The molecule has 2 aromatic rings. The molecule has 0 fully saturated rings. The maximum Gasteiger partial charge on any atom is 0.262 e. The van der Waals surface area contributed by atoms with Crippen molar-refractivity contribution in [3.8, 4) is 0 Å². The number of nitrogens with one attached hydrogen (secondary N) is 1. The molecule has 106 valence electrons. The summed E-state index contributed by atoms with van der Waals surface area (Å²) in [4.78, 5) is 4.02. The number of nitrogens with zero attached hydrogens (tertiary/aromatic N) is 1. The lowest BCUT2D eigenvalue weighted by Gasteiger charge is -2.14. The Bertz CT molecular complexity index is 743. The summed E-state index contributed by atoms with van der Waals surface area (Å²) in [5, 5.41) is 0.296. The number of pyridine rings is 1. The molecule has 0 aliphatic rings. The Kier molecular flexibility index (Phi) is 3.87. The van der Waals surface area contributed by atoms with Crippen molar-refractivity contribution in [2.24, 2.45) is 0 Å². The average Bonchev–Trinajstić information content (AvgIpc) is 2.37. The first kappa shape index (κ1) is 14.6. The van der Waals surface area contributed by atoms with Gasteiger partial charge in [-0.2, -0.15) is 0 Å². The summed E-state index contributed by atoms with van der Waals surface area (Å²) in [5.41, 5.74) is 7.71. The van der Waals surface area contributed by atoms with Gasteiger partial charge in [0.05, 0.1) is 16.8 Å². The summed E-state index contributed by atoms with van der Waals surface area (Å²) >= 11 is 5.67. The van der Waals surface area contributed by atoms with Gasteiger partial charge in [-0.05, 0) is 43.2 Å². The molecule has 7 heteroatoms. The van der Waals surface area contributed by atoms with Crippen LogP contribution in [0.15, 0.2) is 35.4 Å². The van der Waals surface area contributed by atoms with E-state index in [-0.39, 0.29) is 4.90 Å². The van der Waals surface area contributed by atoms with Crippen molar-refractivity contribution >= 4 is 33.0 Å². The highest BCUT2D eigenvalue weighted by Crippen LogP contribution is 2.26. The third-order valence-electron chi connectivity index (χ3n) is 2.89. The molecule has 0 aliphatic heterocycles. The van der Waals surface area contributed by atoms with E-state index < -0.39 is 10.0 Å². The fraction of sp³-hybridized carbons (Fsp3) is 0.154. The molecule has 3 N–H and O–H groups in total. The normalized spacial score (nSPS) is 11.3. The van der Waals surface area contributed by atoms with Crippen LogP contribution >= 0.6 is 11.6 Å². The van der Waals surface area contributed by atoms with Gasteiger partial charge < -0.3 is 5.73 Å². The van der Waals surface area contributed by atoms with Gasteiger partial charge in [0.2, 0.25) is 0 Å². The zero-order chi connectivity index (χ0) is 14.9. The van der Waals surface area contributed by atoms with Crippen LogP contribution in [0.4, 0.5) is 11.4 Å². The number of rotatable bonds is 3. The van der Waals surface area contributed by atoms with Crippen LogP contribution in [0.2, 0.25) is 5.15 Å². The van der Waals surface area contributed by atoms with Crippen molar-refractivity contribution in [2.45, 2.75) is 18.7 Å². The van der Waals surface area contributed by atoms with E-state index in [4.69, 9.17) is 17.3 Å². The summed E-state index contributed by atoms with van der Waals surface area (Å²) in [7, 11) is -3.72. The smallest absolute Gasteiger partial charge is 0.262 e. The van der Waals surface area contributed by atoms with Crippen LogP contribution in [0.1, 0.15) is 11.1 Å². The summed E-state index contributed by atoms with van der Waals surface area (Å²) in [6.45, 7) is 3.40. The topological polar surface area (TPSA) is 85.1 Å². The highest BCUT2D eigenvalue weighted by atomic mass is 35.5. The molecule has 0 saturated carbocycles. The van der Waals surface area contributed by atoms with E-state index in [9.17, 15) is 8.42 Å². The molecule has 0 unspecified atom stereocenters. The maximum atomic E-state index is 12.5. The number of nitrogens with two attached hydrogens (primary N) is 1. The Hall–Kier alpha value is -1.79. The van der Waals surface area contributed by atoms with Crippen molar-refractivity contribution in [1.82, 2.24) is 4.98 Å². The molecule has 1 aromatic carbocycles. The number of nitrogen functional groups attached to an aromatic ring is 1. The van der Waals surface area contributed by atoms with Gasteiger partial charge in [0.1, 0.15) is 5.15 Å². The van der Waals surface area contributed by atoms with E-state index in [1.54, 1.807) is 32.0 Å². The monoisotopic (exact) mass is 311 g/mol. The first-order valence-corrected chi connectivity index (χ1v) is 7.67. The summed E-state index contributed by atoms with van der Waals surface area (Å²) in [6.07, 6.45) is 1.36. The molecule has 0 aliphatic carbocycles. The van der Waals surface area contributed by atoms with Crippen molar-refractivity contribution in [1.29, 1.82) is 0 Å². The van der Waals surface area contributed by atoms with Crippen molar-refractivity contribution in [2.75, 3.05) is 10.5 Å². The number of aryl methyl sites for hydroxylation is 1. The molecular weight excluding hydrogens is 298 g/mol. The van der Waals surface area contributed by atoms with Crippen molar-refractivity contribution < 1.29 is 8.42 Å². The van der Waals surface area contributed by atoms with Gasteiger partial charge >= 0.3 is 0 Å². The third kappa shape index (κ3) is 2.86. The Labute approximate surface area is 122 Å². The number of sulfonamides is 1. The fourth-order valence-corrected chi connectivity index (χ4v) is 3.56. The zero-order valence-electron chi connectivity index (χ0n) is 11.0. The molecule has 2 rings (SSSR count). The number of hydrogen-bond donors (Lipinski definition) is 2. The van der Waals surface area contributed by atoms with E-state index >= 15 is 0 Å². The summed E-state index contributed by atoms with van der Waals surface area (Å²) in [6, 6.07) is 6.42. The molecule has 0 atom stereocenters. The van der Waals surface area contributed by atoms with E-state index in [2.05, 4.69) is 9.71 Å². The van der Waals surface area contributed by atoms with Gasteiger partial charge in [-0.25, -0.2) is 13.4 Å². The number of hydrogen-bond acceptors (Lipinski definition) is 4. The lowest BCUT2D eigenvalue weighted by atomic mass is 10.1. The van der Waals surface area contributed by atoms with Crippen LogP contribution in [-0.4, -0.2) is 13.4 Å². The Morgan fingerprint density at radius 2 is 1.90 bits per heavy atom. The maximum absolute atomic E-state index is 12.5. The molecule has 20 heavy (non-hydrogen) atoms. The number of halogens is 1. The molecule has 1 heterocycles. The van der Waals surface area contributed by atoms with Crippen LogP contribution in [0, 0.1) is 13.8 Å². The van der Waals surface area contributed by atoms with Gasteiger partial charge in [0.25, 0.3) is 10.0 Å². The standard InChI is InChI=1S/C13H14ClN3O2S/c1-8-3-5-11(15)9(2)13(8)20(18,19)17-10-4-6-12(14)16-7-10/h3-7,17H,15H2,1-2H3. The van der Waals surface area contributed by atoms with Crippen molar-refractivity contribution in [3.05, 3.63) is 46.7 Å². The summed E-state index contributed by atoms with van der Waals surface area (Å²) < 4.78 is 27.4. The van der Waals surface area contributed by atoms with Gasteiger partial charge in [0, 0.05) is 5.69 Å². The lowest BCUT2D eigenvalue weighted by Crippen LogP contribution is -2.16. The minimum absolute atomic E-state index is 0.187. The molecule has 0 saturated heterocycles. The van der Waals surface area contributed by atoms with Gasteiger partial charge in [0.15, 0.2) is 0 Å². The average molecular weight is 312 g/mol. The largest absolute Gasteiger partial charge is 0.398 e. The first-order chi connectivity index (χ1) is 9.31. The Balaban J connectivity index is 2.46. The number of anilines is 2. The fourth-order valence-electron chi connectivity index (χ4n) is 1.90. The highest BCUT2D eigenvalue weighted by molar-refractivity contribution is 7.92. The summed E-state index contributed by atoms with van der Waals surface area (Å²) in [5.74, 6) is 0. The zero-order valence-corrected chi connectivity index (χ0v) is 12.6. The molecule has 1 aromatic heterocycles. The van der Waals surface area contributed by atoms with Crippen LogP contribution in [-0.2, 0) is 10.0 Å². The lowest BCUT2D eigenvalue weighted by molar-refractivity contribution is 0.600. The second-order valence-electron chi connectivity index (χ2n) is 4.40. The van der Waals surface area contributed by atoms with Gasteiger partial charge in [-0.1, -0.05) is 17.7 Å². The molecule has 0 radical (unpaired) electrons. The molecule has 0 amide bonds. The van der Waals surface area contributed by atoms with Gasteiger partial charge in [-0.3, -0.25) is 4.72 Å². The van der Waals surface area contributed by atoms with Crippen LogP contribution in [0.5, 0.6) is 0 Å². The number of aromatic nitrogens is 1. The molecular formula is C13H14ClN3O2S. The molecule has 0 bridgehead atoms. The second kappa shape index (κ2) is 5.30. The predicted octanol–water partition coefficient (Wildman–Crippen LogP) is 2.73. The van der Waals surface area contributed by atoms with Crippen LogP contribution < -0.4 is 10.5 Å². The van der Waals surface area contributed by atoms with E-state index in [0.717, 1.165) is 0 Å². The van der Waals surface area contributed by atoms with Crippen molar-refractivity contribution in [3.63, 3.8) is 0 Å². The predicted molar refractivity (Wildman–Crippen MR) is 80.4 cm³/mol. The van der Waals surface area contributed by atoms with Gasteiger partial charge in [-0.15, -0.1) is 0 Å². The van der Waals surface area contributed by atoms with E-state index in [1.807, 2.05) is 0 Å². The van der Waals surface area contributed by atoms with E-state index in [0.29, 0.717) is 27.7 Å². The first-order valence-electron chi connectivity index (χ1n) is 5.81. The minimum Gasteiger partial charge on any atom is -0.398 e. The Morgan fingerprint density at radius 3 is 2.50 bits per heavy atom. The quantitative estimate of drug-likeness (QED) is 0.674. The van der Waals surface area contributed by atoms with Crippen LogP contribution in [0.25, 0.3) is 0 Å². The minimum atomic E-state index is -3.72. The molecule has 5 nitrogen and oxygen atoms in total. The second-order valence-corrected chi connectivity index (χ2v) is 6.41. The van der Waals surface area contributed by atoms with Crippen LogP contribution in [0.3, 0.4) is 0 Å². The number of benzene rings is 1. The molecule has 0 spiro atoms. The van der Waals surface area contributed by atoms with E-state index in [1.165, 1.54) is 12.3 Å². The SMILES string of the molecule is Cc1ccc(N)c(C)c1S(=O)(=O)Nc1ccc(Cl)nc1.